The molecule has 19 nitrogen and oxygen atoms in total. The molecule has 0 bridgehead atoms. The number of carbonyl (C=O) groups is 6. The Morgan fingerprint density at radius 3 is 0.563 bits per heavy atom. The summed E-state index contributed by atoms with van der Waals surface area (Å²) in [6.45, 7) is 0.600. The van der Waals surface area contributed by atoms with Gasteiger partial charge in [-0.15, -0.1) is 0 Å². The Balaban J connectivity index is 6.94. The van der Waals surface area contributed by atoms with Crippen molar-refractivity contribution in [1.82, 2.24) is 0 Å². The number of unbranched alkanes of at least 4 members (excludes halogenated alkanes) is 12. The molecule has 0 aliphatic heterocycles. The van der Waals surface area contributed by atoms with Gasteiger partial charge in [-0.2, -0.15) is 0 Å². The SMILES string of the molecule is COCCCCCC(=O)OCC(COCC(COC(=O)CCCCCOC)(COC(=O)CCCCCOC)COC(=O)CCCCCOC)(COC(=O)CCCCCOC)COC(=O)CCCCCOC. The van der Waals surface area contributed by atoms with Gasteiger partial charge in [-0.1, -0.05) is 38.5 Å². The van der Waals surface area contributed by atoms with Crippen LogP contribution in [-0.2, 0) is 90.3 Å². The highest BCUT2D eigenvalue weighted by Crippen LogP contribution is 2.27. The fourth-order valence-electron chi connectivity index (χ4n) is 6.97. The van der Waals surface area contributed by atoms with Crippen molar-refractivity contribution in [3.05, 3.63) is 0 Å². The molecule has 0 aliphatic rings. The zero-order chi connectivity index (χ0) is 52.5. The molecule has 71 heavy (non-hydrogen) atoms. The second kappa shape index (κ2) is 47.5. The monoisotopic (exact) mass is 1020 g/mol. The third-order valence-electron chi connectivity index (χ3n) is 11.4. The molecule has 0 heterocycles. The van der Waals surface area contributed by atoms with Gasteiger partial charge in [0.2, 0.25) is 0 Å². The second-order valence-corrected chi connectivity index (χ2v) is 18.3. The third kappa shape index (κ3) is 40.7. The predicted molar refractivity (Wildman–Crippen MR) is 264 cm³/mol. The van der Waals surface area contributed by atoms with Gasteiger partial charge in [0.1, 0.15) is 39.6 Å². The summed E-state index contributed by atoms with van der Waals surface area (Å²) in [5.74, 6) is -3.04. The van der Waals surface area contributed by atoms with E-state index in [4.69, 9.17) is 61.6 Å². The highest BCUT2D eigenvalue weighted by Gasteiger charge is 2.41. The van der Waals surface area contributed by atoms with Gasteiger partial charge in [0, 0.05) is 121 Å². The number of methoxy groups -OCH3 is 6. The highest BCUT2D eigenvalue weighted by atomic mass is 16.6. The average molecular weight is 1020 g/mol. The smallest absolute Gasteiger partial charge is 0.305 e. The number of esters is 6. The summed E-state index contributed by atoms with van der Waals surface area (Å²) in [5.41, 5.74) is -2.85. The van der Waals surface area contributed by atoms with E-state index < -0.39 is 46.6 Å². The molecule has 416 valence electrons. The van der Waals surface area contributed by atoms with Crippen LogP contribution in [0.15, 0.2) is 0 Å². The zero-order valence-corrected chi connectivity index (χ0v) is 44.6. The van der Waals surface area contributed by atoms with E-state index in [1.54, 1.807) is 42.7 Å². The molecule has 0 aromatic carbocycles. The van der Waals surface area contributed by atoms with Crippen LogP contribution in [0.1, 0.15) is 154 Å². The molecule has 0 saturated carbocycles. The molecule has 0 amide bonds. The predicted octanol–water partition coefficient (Wildman–Crippen LogP) is 7.48. The fraction of sp³-hybridized carbons (Fsp3) is 0.885. The summed E-state index contributed by atoms with van der Waals surface area (Å²) in [6, 6.07) is 0. The molecule has 0 N–H and O–H groups in total. The molecule has 0 aliphatic carbocycles. The average Bonchev–Trinajstić information content (AvgIpc) is 3.36. The summed E-state index contributed by atoms with van der Waals surface area (Å²) in [4.78, 5) is 79.3. The van der Waals surface area contributed by atoms with Crippen LogP contribution >= 0.6 is 0 Å². The summed E-state index contributed by atoms with van der Waals surface area (Å²) in [7, 11) is 9.67. The lowest BCUT2D eigenvalue weighted by Crippen LogP contribution is -2.47. The quantitative estimate of drug-likeness (QED) is 0.0327. The molecule has 0 aromatic rings. The summed E-state index contributed by atoms with van der Waals surface area (Å²) in [5, 5.41) is 0. The Bertz CT molecular complexity index is 1100. The number of rotatable bonds is 52. The van der Waals surface area contributed by atoms with Crippen LogP contribution in [0, 0.1) is 10.8 Å². The molecule has 0 fully saturated rings. The molecule has 19 heteroatoms. The normalized spacial score (nSPS) is 11.6. The van der Waals surface area contributed by atoms with E-state index >= 15 is 0 Å². The van der Waals surface area contributed by atoms with Gasteiger partial charge in [0.05, 0.1) is 24.0 Å². The van der Waals surface area contributed by atoms with E-state index in [-0.39, 0.29) is 91.4 Å². The largest absolute Gasteiger partial charge is 0.465 e. The fourth-order valence-corrected chi connectivity index (χ4v) is 6.97. The van der Waals surface area contributed by atoms with Crippen molar-refractivity contribution >= 4 is 35.8 Å². The molecule has 0 radical (unpaired) electrons. The summed E-state index contributed by atoms with van der Waals surface area (Å²) < 4.78 is 72.3. The maximum absolute atomic E-state index is 13.2. The first-order valence-corrected chi connectivity index (χ1v) is 25.9. The molecule has 0 aromatic heterocycles. The van der Waals surface area contributed by atoms with Crippen molar-refractivity contribution in [2.75, 3.05) is 135 Å². The van der Waals surface area contributed by atoms with Gasteiger partial charge in [-0.25, -0.2) is 0 Å². The second-order valence-electron chi connectivity index (χ2n) is 18.3. The number of hydrogen-bond donors (Lipinski definition) is 0. The van der Waals surface area contributed by atoms with E-state index in [9.17, 15) is 28.8 Å². The Kier molecular flexibility index (Phi) is 45.2. The van der Waals surface area contributed by atoms with E-state index in [0.717, 1.165) is 77.0 Å². The lowest BCUT2D eigenvalue weighted by atomic mass is 9.90. The number of carbonyl (C=O) groups excluding carboxylic acids is 6. The maximum atomic E-state index is 13.2. The minimum absolute atomic E-state index is 0.111. The standard InChI is InChI=1S/C52H94O19/c1-59-31-19-7-13-25-45(53)66-39-51(40-67-46(54)26-14-8-20-32-60-2,41-68-47(55)27-15-9-21-33-61-3)37-65-38-52(42-69-48(56)28-16-10-22-34-62-4,43-70-49(57)29-17-11-23-35-63-5)44-71-50(58)30-18-12-24-36-64-6/h7-44H2,1-6H3. The lowest BCUT2D eigenvalue weighted by Gasteiger charge is -2.35. The molecule has 0 atom stereocenters. The Labute approximate surface area is 425 Å². The zero-order valence-electron chi connectivity index (χ0n) is 44.6. The van der Waals surface area contributed by atoms with Crippen molar-refractivity contribution in [3.63, 3.8) is 0 Å². The number of ether oxygens (including phenoxy) is 13. The molecular weight excluding hydrogens is 929 g/mol. The van der Waals surface area contributed by atoms with Crippen molar-refractivity contribution in [2.45, 2.75) is 154 Å². The first kappa shape index (κ1) is 67.5. The minimum atomic E-state index is -1.43. The summed E-state index contributed by atoms with van der Waals surface area (Å²) >= 11 is 0. The summed E-state index contributed by atoms with van der Waals surface area (Å²) in [6.07, 6.45) is 13.0. The molecule has 0 rings (SSSR count). The van der Waals surface area contributed by atoms with Crippen LogP contribution in [0.4, 0.5) is 0 Å². The van der Waals surface area contributed by atoms with E-state index in [1.807, 2.05) is 0 Å². The first-order valence-electron chi connectivity index (χ1n) is 25.9. The van der Waals surface area contributed by atoms with Crippen LogP contribution in [0.25, 0.3) is 0 Å². The number of hydrogen-bond acceptors (Lipinski definition) is 19. The van der Waals surface area contributed by atoms with E-state index in [2.05, 4.69) is 0 Å². The Hall–Kier alpha value is -3.46. The lowest BCUT2D eigenvalue weighted by molar-refractivity contribution is -0.175. The van der Waals surface area contributed by atoms with Gasteiger partial charge in [-0.3, -0.25) is 28.8 Å². The van der Waals surface area contributed by atoms with Crippen molar-refractivity contribution < 1.29 is 90.3 Å². The van der Waals surface area contributed by atoms with Crippen LogP contribution in [-0.4, -0.2) is 171 Å². The van der Waals surface area contributed by atoms with Crippen molar-refractivity contribution in [3.8, 4) is 0 Å². The minimum Gasteiger partial charge on any atom is -0.465 e. The molecule has 0 saturated heterocycles. The van der Waals surface area contributed by atoms with Crippen LogP contribution in [0.2, 0.25) is 0 Å². The van der Waals surface area contributed by atoms with Crippen molar-refractivity contribution in [2.24, 2.45) is 10.8 Å². The van der Waals surface area contributed by atoms with Crippen LogP contribution in [0.3, 0.4) is 0 Å². The third-order valence-corrected chi connectivity index (χ3v) is 11.4. The Morgan fingerprint density at radius 1 is 0.239 bits per heavy atom. The first-order chi connectivity index (χ1) is 34.4. The van der Waals surface area contributed by atoms with Gasteiger partial charge >= 0.3 is 35.8 Å². The van der Waals surface area contributed by atoms with Gasteiger partial charge in [0.25, 0.3) is 0 Å². The van der Waals surface area contributed by atoms with Crippen LogP contribution in [0.5, 0.6) is 0 Å². The molecule has 0 spiro atoms. The van der Waals surface area contributed by atoms with Gasteiger partial charge < -0.3 is 61.6 Å². The maximum Gasteiger partial charge on any atom is 0.305 e. The van der Waals surface area contributed by atoms with Gasteiger partial charge in [-0.05, 0) is 77.0 Å². The molecule has 0 unspecified atom stereocenters. The highest BCUT2D eigenvalue weighted by molar-refractivity contribution is 5.71. The topological polar surface area (TPSA) is 222 Å². The van der Waals surface area contributed by atoms with Crippen molar-refractivity contribution in [1.29, 1.82) is 0 Å². The van der Waals surface area contributed by atoms with Crippen LogP contribution < -0.4 is 0 Å². The van der Waals surface area contributed by atoms with E-state index in [1.165, 1.54) is 0 Å². The molecular formula is C52H94O19. The Morgan fingerprint density at radius 2 is 0.408 bits per heavy atom. The van der Waals surface area contributed by atoms with Gasteiger partial charge in [0.15, 0.2) is 0 Å². The van der Waals surface area contributed by atoms with E-state index in [0.29, 0.717) is 78.2 Å².